The van der Waals surface area contributed by atoms with Gasteiger partial charge in [0.2, 0.25) is 10.0 Å². The Labute approximate surface area is 178 Å². The SMILES string of the molecule is CC(=O)C(CC(=O)O)NC(=O)c1ccc(CNS(=O)(=O)c2ccc(O)c(CO)c2)cc1. The van der Waals surface area contributed by atoms with Gasteiger partial charge in [-0.05, 0) is 42.8 Å². The lowest BCUT2D eigenvalue weighted by Crippen LogP contribution is -2.41. The summed E-state index contributed by atoms with van der Waals surface area (Å²) in [4.78, 5) is 34.4. The number of carbonyl (C=O) groups excluding carboxylic acids is 2. The van der Waals surface area contributed by atoms with E-state index in [2.05, 4.69) is 10.0 Å². The summed E-state index contributed by atoms with van der Waals surface area (Å²) in [6.45, 7) is 0.574. The number of carbonyl (C=O) groups is 3. The molecule has 0 heterocycles. The summed E-state index contributed by atoms with van der Waals surface area (Å²) in [5.41, 5.74) is 0.786. The average Bonchev–Trinajstić information content (AvgIpc) is 2.72. The number of sulfonamides is 1. The molecule has 2 aromatic rings. The molecule has 0 saturated carbocycles. The zero-order valence-corrected chi connectivity index (χ0v) is 17.3. The van der Waals surface area contributed by atoms with E-state index in [1.165, 1.54) is 43.3 Å². The van der Waals surface area contributed by atoms with Crippen LogP contribution in [0.1, 0.15) is 34.8 Å². The Morgan fingerprint density at radius 1 is 1.06 bits per heavy atom. The molecule has 0 aromatic heterocycles. The van der Waals surface area contributed by atoms with Gasteiger partial charge in [0.1, 0.15) is 5.75 Å². The van der Waals surface area contributed by atoms with Gasteiger partial charge < -0.3 is 20.6 Å². The molecule has 0 bridgehead atoms. The normalized spacial score (nSPS) is 12.2. The van der Waals surface area contributed by atoms with Crippen LogP contribution >= 0.6 is 0 Å². The second kappa shape index (κ2) is 10.2. The molecule has 5 N–H and O–H groups in total. The molecule has 11 heteroatoms. The van der Waals surface area contributed by atoms with Crippen LogP contribution in [0.2, 0.25) is 0 Å². The summed E-state index contributed by atoms with van der Waals surface area (Å²) in [6, 6.07) is 8.24. The molecule has 0 aliphatic heterocycles. The topological polar surface area (TPSA) is 170 Å². The number of ketones is 1. The van der Waals surface area contributed by atoms with Crippen LogP contribution in [0, 0.1) is 0 Å². The van der Waals surface area contributed by atoms with E-state index in [0.29, 0.717) is 5.56 Å². The first-order valence-electron chi connectivity index (χ1n) is 9.08. The third-order valence-corrected chi connectivity index (χ3v) is 5.79. The van der Waals surface area contributed by atoms with Crippen LogP contribution < -0.4 is 10.0 Å². The van der Waals surface area contributed by atoms with Gasteiger partial charge in [0, 0.05) is 17.7 Å². The van der Waals surface area contributed by atoms with Gasteiger partial charge in [-0.25, -0.2) is 13.1 Å². The third-order valence-electron chi connectivity index (χ3n) is 4.39. The van der Waals surface area contributed by atoms with Gasteiger partial charge in [-0.2, -0.15) is 0 Å². The number of aliphatic hydroxyl groups is 1. The van der Waals surface area contributed by atoms with Crippen molar-refractivity contribution in [2.75, 3.05) is 0 Å². The monoisotopic (exact) mass is 450 g/mol. The molecule has 31 heavy (non-hydrogen) atoms. The summed E-state index contributed by atoms with van der Waals surface area (Å²) in [7, 11) is -3.92. The predicted octanol–water partition coefficient (Wildman–Crippen LogP) is 0.525. The molecular weight excluding hydrogens is 428 g/mol. The Balaban J connectivity index is 2.04. The number of hydrogen-bond acceptors (Lipinski definition) is 7. The molecule has 1 amide bonds. The van der Waals surface area contributed by atoms with E-state index in [1.807, 2.05) is 0 Å². The van der Waals surface area contributed by atoms with Crippen molar-refractivity contribution in [3.8, 4) is 5.75 Å². The fraction of sp³-hybridized carbons (Fsp3) is 0.250. The molecule has 0 saturated heterocycles. The van der Waals surface area contributed by atoms with Crippen LogP contribution in [-0.4, -0.2) is 47.4 Å². The Morgan fingerprint density at radius 3 is 2.26 bits per heavy atom. The van der Waals surface area contributed by atoms with Gasteiger partial charge in [-0.3, -0.25) is 14.4 Å². The van der Waals surface area contributed by atoms with Gasteiger partial charge in [0.15, 0.2) is 5.78 Å². The number of aliphatic hydroxyl groups excluding tert-OH is 1. The first kappa shape index (κ1) is 24.0. The number of nitrogens with one attached hydrogen (secondary N) is 2. The van der Waals surface area contributed by atoms with Crippen molar-refractivity contribution in [2.45, 2.75) is 37.4 Å². The van der Waals surface area contributed by atoms with Crippen LogP contribution in [0.15, 0.2) is 47.4 Å². The predicted molar refractivity (Wildman–Crippen MR) is 109 cm³/mol. The molecule has 166 valence electrons. The van der Waals surface area contributed by atoms with E-state index < -0.39 is 46.8 Å². The summed E-state index contributed by atoms with van der Waals surface area (Å²) in [5, 5.41) is 29.9. The lowest BCUT2D eigenvalue weighted by Gasteiger charge is -2.14. The maximum atomic E-state index is 12.4. The zero-order chi connectivity index (χ0) is 23.2. The van der Waals surface area contributed by atoms with Crippen molar-refractivity contribution in [1.29, 1.82) is 0 Å². The van der Waals surface area contributed by atoms with Gasteiger partial charge in [-0.1, -0.05) is 12.1 Å². The van der Waals surface area contributed by atoms with E-state index in [4.69, 9.17) is 10.2 Å². The standard InChI is InChI=1S/C20H22N2O8S/c1-12(24)17(9-19(26)27)22-20(28)14-4-2-13(3-5-14)10-21-31(29,30)16-6-7-18(25)15(8-16)11-23/h2-8,17,21,23,25H,9-11H2,1H3,(H,22,28)(H,26,27). The van der Waals surface area contributed by atoms with E-state index in [0.717, 1.165) is 6.07 Å². The summed E-state index contributed by atoms with van der Waals surface area (Å²) in [5.74, 6) is -2.55. The molecule has 0 radical (unpaired) electrons. The largest absolute Gasteiger partial charge is 0.508 e. The molecule has 2 aromatic carbocycles. The number of rotatable bonds is 10. The number of carboxylic acid groups (broad SMARTS) is 1. The van der Waals surface area contributed by atoms with Crippen molar-refractivity contribution in [1.82, 2.24) is 10.0 Å². The number of phenols is 1. The quantitative estimate of drug-likeness (QED) is 0.349. The molecule has 1 atom stereocenters. The Bertz CT molecular complexity index is 1080. The van der Waals surface area contributed by atoms with Crippen LogP contribution in [0.3, 0.4) is 0 Å². The minimum Gasteiger partial charge on any atom is -0.508 e. The molecule has 0 fully saturated rings. The molecule has 0 aliphatic rings. The van der Waals surface area contributed by atoms with Crippen LogP contribution in [0.5, 0.6) is 5.75 Å². The minimum absolute atomic E-state index is 0.0741. The first-order valence-corrected chi connectivity index (χ1v) is 10.6. The molecule has 0 aliphatic carbocycles. The fourth-order valence-corrected chi connectivity index (χ4v) is 3.67. The van der Waals surface area contributed by atoms with Crippen molar-refractivity contribution in [3.05, 3.63) is 59.2 Å². The summed E-state index contributed by atoms with van der Waals surface area (Å²) in [6.07, 6.45) is -0.532. The number of aromatic hydroxyl groups is 1. The highest BCUT2D eigenvalue weighted by atomic mass is 32.2. The maximum absolute atomic E-state index is 12.4. The number of benzene rings is 2. The van der Waals surface area contributed by atoms with Gasteiger partial charge in [0.05, 0.1) is 24.0 Å². The van der Waals surface area contributed by atoms with Crippen molar-refractivity contribution < 1.29 is 38.1 Å². The van der Waals surface area contributed by atoms with E-state index >= 15 is 0 Å². The van der Waals surface area contributed by atoms with Gasteiger partial charge in [0.25, 0.3) is 5.91 Å². The Hall–Kier alpha value is -3.28. The minimum atomic E-state index is -3.92. The van der Waals surface area contributed by atoms with Crippen LogP contribution in [-0.2, 0) is 32.8 Å². The number of aliphatic carboxylic acids is 1. The van der Waals surface area contributed by atoms with Crippen molar-refractivity contribution >= 4 is 27.7 Å². The Morgan fingerprint density at radius 2 is 1.71 bits per heavy atom. The van der Waals surface area contributed by atoms with E-state index in [1.54, 1.807) is 0 Å². The molecule has 0 spiro atoms. The van der Waals surface area contributed by atoms with Gasteiger partial charge >= 0.3 is 5.97 Å². The second-order valence-electron chi connectivity index (χ2n) is 6.70. The summed E-state index contributed by atoms with van der Waals surface area (Å²) >= 11 is 0. The maximum Gasteiger partial charge on any atom is 0.305 e. The number of hydrogen-bond donors (Lipinski definition) is 5. The van der Waals surface area contributed by atoms with Crippen LogP contribution in [0.25, 0.3) is 0 Å². The molecule has 2 rings (SSSR count). The highest BCUT2D eigenvalue weighted by molar-refractivity contribution is 7.89. The smallest absolute Gasteiger partial charge is 0.305 e. The number of amides is 1. The van der Waals surface area contributed by atoms with Crippen molar-refractivity contribution in [2.24, 2.45) is 0 Å². The first-order chi connectivity index (χ1) is 14.5. The number of Topliss-reactive ketones (excluding diaryl/α,β-unsaturated/α-hetero) is 1. The molecular formula is C20H22N2O8S. The van der Waals surface area contributed by atoms with Crippen molar-refractivity contribution in [3.63, 3.8) is 0 Å². The Kier molecular flexibility index (Phi) is 7.86. The second-order valence-corrected chi connectivity index (χ2v) is 8.47. The lowest BCUT2D eigenvalue weighted by atomic mass is 10.1. The third kappa shape index (κ3) is 6.60. The van der Waals surface area contributed by atoms with E-state index in [-0.39, 0.29) is 28.3 Å². The summed E-state index contributed by atoms with van der Waals surface area (Å²) < 4.78 is 27.2. The highest BCUT2D eigenvalue weighted by Crippen LogP contribution is 2.21. The highest BCUT2D eigenvalue weighted by Gasteiger charge is 2.21. The van der Waals surface area contributed by atoms with E-state index in [9.17, 15) is 27.9 Å². The molecule has 1 unspecified atom stereocenters. The lowest BCUT2D eigenvalue weighted by molar-refractivity contribution is -0.139. The van der Waals surface area contributed by atoms with Gasteiger partial charge in [-0.15, -0.1) is 0 Å². The fourth-order valence-electron chi connectivity index (χ4n) is 2.60. The number of carboxylic acids is 1. The zero-order valence-electron chi connectivity index (χ0n) is 16.5. The molecule has 10 nitrogen and oxygen atoms in total. The van der Waals surface area contributed by atoms with Crippen LogP contribution in [0.4, 0.5) is 0 Å². The average molecular weight is 450 g/mol.